The topological polar surface area (TPSA) is 77.2 Å². The highest BCUT2D eigenvalue weighted by Gasteiger charge is 2.22. The molecule has 1 amide bonds. The van der Waals surface area contributed by atoms with Crippen molar-refractivity contribution in [3.8, 4) is 17.1 Å². The number of hydrogen-bond acceptors (Lipinski definition) is 5. The molecule has 1 aromatic heterocycles. The molecule has 0 radical (unpaired) electrons. The van der Waals surface area contributed by atoms with Gasteiger partial charge in [0.05, 0.1) is 12.6 Å². The van der Waals surface area contributed by atoms with Gasteiger partial charge in [-0.05, 0) is 6.07 Å². The van der Waals surface area contributed by atoms with Crippen LogP contribution in [0.4, 0.5) is 0 Å². The van der Waals surface area contributed by atoms with E-state index in [0.29, 0.717) is 31.2 Å². The minimum absolute atomic E-state index is 0.0185. The summed E-state index contributed by atoms with van der Waals surface area (Å²) in [6, 6.07) is 17.4. The monoisotopic (exact) mass is 349 g/mol. The fourth-order valence-electron chi connectivity index (χ4n) is 3.04. The number of para-hydroxylation sites is 1. The van der Waals surface area contributed by atoms with Crippen molar-refractivity contribution in [2.75, 3.05) is 6.61 Å². The molecule has 2 heterocycles. The van der Waals surface area contributed by atoms with Crippen LogP contribution < -0.4 is 10.1 Å². The molecule has 0 spiro atoms. The number of ether oxygens (including phenoxy) is 1. The summed E-state index contributed by atoms with van der Waals surface area (Å²) in [5.74, 6) is 1.81. The van der Waals surface area contributed by atoms with Crippen LogP contribution in [0.15, 0.2) is 59.1 Å². The van der Waals surface area contributed by atoms with E-state index in [2.05, 4.69) is 15.5 Å². The van der Waals surface area contributed by atoms with Gasteiger partial charge in [-0.3, -0.25) is 4.79 Å². The van der Waals surface area contributed by atoms with E-state index in [1.54, 1.807) is 0 Å². The van der Waals surface area contributed by atoms with Gasteiger partial charge in [-0.1, -0.05) is 53.7 Å². The fraction of sp³-hybridized carbons (Fsp3) is 0.250. The first-order valence-electron chi connectivity index (χ1n) is 8.69. The number of fused-ring (bicyclic) bond motifs is 1. The number of rotatable bonds is 5. The first kappa shape index (κ1) is 16.3. The molecule has 3 aromatic rings. The van der Waals surface area contributed by atoms with Gasteiger partial charge in [0.1, 0.15) is 5.75 Å². The van der Waals surface area contributed by atoms with Gasteiger partial charge in [-0.25, -0.2) is 0 Å². The molecule has 0 saturated carbocycles. The van der Waals surface area contributed by atoms with Crippen molar-refractivity contribution < 1.29 is 14.1 Å². The van der Waals surface area contributed by atoms with Crippen LogP contribution in [-0.4, -0.2) is 22.7 Å². The first-order chi connectivity index (χ1) is 12.8. The predicted molar refractivity (Wildman–Crippen MR) is 95.5 cm³/mol. The van der Waals surface area contributed by atoms with Gasteiger partial charge in [0, 0.05) is 30.4 Å². The number of aryl methyl sites for hydroxylation is 1. The quantitative estimate of drug-likeness (QED) is 0.765. The Morgan fingerprint density at radius 2 is 1.92 bits per heavy atom. The Morgan fingerprint density at radius 1 is 1.12 bits per heavy atom. The maximum Gasteiger partial charge on any atom is 0.227 e. The standard InChI is InChI=1S/C20H19N3O3/c24-18(21-16-12-13-25-17-9-5-4-8-15(16)17)10-11-19-22-20(23-26-19)14-6-2-1-3-7-14/h1-9,16H,10-13H2,(H,21,24)/t16-/m0/s1. The van der Waals surface area contributed by atoms with Crippen LogP contribution >= 0.6 is 0 Å². The Kier molecular flexibility index (Phi) is 4.64. The molecule has 0 bridgehead atoms. The third kappa shape index (κ3) is 3.59. The van der Waals surface area contributed by atoms with Crippen molar-refractivity contribution >= 4 is 5.91 Å². The van der Waals surface area contributed by atoms with Crippen molar-refractivity contribution in [2.45, 2.75) is 25.3 Å². The lowest BCUT2D eigenvalue weighted by molar-refractivity contribution is -0.122. The van der Waals surface area contributed by atoms with Gasteiger partial charge in [-0.15, -0.1) is 0 Å². The zero-order valence-electron chi connectivity index (χ0n) is 14.2. The molecular weight excluding hydrogens is 330 g/mol. The largest absolute Gasteiger partial charge is 0.493 e. The van der Waals surface area contributed by atoms with Crippen LogP contribution in [0.3, 0.4) is 0 Å². The second-order valence-electron chi connectivity index (χ2n) is 6.17. The van der Waals surface area contributed by atoms with E-state index < -0.39 is 0 Å². The lowest BCUT2D eigenvalue weighted by Crippen LogP contribution is -2.32. The Labute approximate surface area is 151 Å². The molecule has 0 fully saturated rings. The van der Waals surface area contributed by atoms with Gasteiger partial charge in [-0.2, -0.15) is 4.98 Å². The van der Waals surface area contributed by atoms with Gasteiger partial charge in [0.2, 0.25) is 17.6 Å². The minimum Gasteiger partial charge on any atom is -0.493 e. The molecule has 26 heavy (non-hydrogen) atoms. The predicted octanol–water partition coefficient (Wildman–Crippen LogP) is 3.31. The highest BCUT2D eigenvalue weighted by Crippen LogP contribution is 2.31. The van der Waals surface area contributed by atoms with E-state index in [0.717, 1.165) is 23.3 Å². The number of hydrogen-bond donors (Lipinski definition) is 1. The summed E-state index contributed by atoms with van der Waals surface area (Å²) < 4.78 is 10.9. The lowest BCUT2D eigenvalue weighted by atomic mass is 10.0. The highest BCUT2D eigenvalue weighted by atomic mass is 16.5. The minimum atomic E-state index is -0.0360. The summed E-state index contributed by atoms with van der Waals surface area (Å²) in [6.07, 6.45) is 1.48. The zero-order valence-corrected chi connectivity index (χ0v) is 14.2. The maximum atomic E-state index is 12.3. The van der Waals surface area contributed by atoms with Crippen molar-refractivity contribution in [3.63, 3.8) is 0 Å². The van der Waals surface area contributed by atoms with Gasteiger partial charge in [0.15, 0.2) is 0 Å². The fourth-order valence-corrected chi connectivity index (χ4v) is 3.04. The lowest BCUT2D eigenvalue weighted by Gasteiger charge is -2.26. The van der Waals surface area contributed by atoms with E-state index in [1.165, 1.54) is 0 Å². The van der Waals surface area contributed by atoms with Crippen LogP contribution in [-0.2, 0) is 11.2 Å². The maximum absolute atomic E-state index is 12.3. The van der Waals surface area contributed by atoms with Crippen LogP contribution in [0.2, 0.25) is 0 Å². The number of carbonyl (C=O) groups excluding carboxylic acids is 1. The van der Waals surface area contributed by atoms with Crippen molar-refractivity contribution in [1.82, 2.24) is 15.5 Å². The highest BCUT2D eigenvalue weighted by molar-refractivity contribution is 5.76. The normalized spacial score (nSPS) is 15.8. The number of amides is 1. The van der Waals surface area contributed by atoms with Gasteiger partial charge in [0.25, 0.3) is 0 Å². The molecule has 4 rings (SSSR count). The average molecular weight is 349 g/mol. The average Bonchev–Trinajstić information content (AvgIpc) is 3.17. The second kappa shape index (κ2) is 7.39. The van der Waals surface area contributed by atoms with E-state index in [1.807, 2.05) is 54.6 Å². The van der Waals surface area contributed by atoms with E-state index in [-0.39, 0.29) is 11.9 Å². The molecule has 2 aromatic carbocycles. The summed E-state index contributed by atoms with van der Waals surface area (Å²) >= 11 is 0. The van der Waals surface area contributed by atoms with Crippen LogP contribution in [0.1, 0.15) is 30.3 Å². The Morgan fingerprint density at radius 3 is 2.81 bits per heavy atom. The molecule has 6 heteroatoms. The van der Waals surface area contributed by atoms with Crippen LogP contribution in [0, 0.1) is 0 Å². The van der Waals surface area contributed by atoms with E-state index >= 15 is 0 Å². The van der Waals surface area contributed by atoms with Crippen molar-refractivity contribution in [3.05, 3.63) is 66.1 Å². The van der Waals surface area contributed by atoms with Gasteiger partial charge >= 0.3 is 0 Å². The number of nitrogens with one attached hydrogen (secondary N) is 1. The molecule has 6 nitrogen and oxygen atoms in total. The molecule has 1 atom stereocenters. The number of carbonyl (C=O) groups is 1. The van der Waals surface area contributed by atoms with Crippen LogP contribution in [0.5, 0.6) is 5.75 Å². The Hall–Kier alpha value is -3.15. The van der Waals surface area contributed by atoms with E-state index in [4.69, 9.17) is 9.26 Å². The van der Waals surface area contributed by atoms with Crippen LogP contribution in [0.25, 0.3) is 11.4 Å². The Bertz CT molecular complexity index is 892. The first-order valence-corrected chi connectivity index (χ1v) is 8.69. The number of benzene rings is 2. The molecular formula is C20H19N3O3. The molecule has 1 N–H and O–H groups in total. The molecule has 1 aliphatic rings. The molecule has 0 unspecified atom stereocenters. The van der Waals surface area contributed by atoms with Crippen molar-refractivity contribution in [2.24, 2.45) is 0 Å². The van der Waals surface area contributed by atoms with Crippen molar-refractivity contribution in [1.29, 1.82) is 0 Å². The summed E-state index contributed by atoms with van der Waals surface area (Å²) in [5, 5.41) is 7.05. The molecule has 1 aliphatic heterocycles. The summed E-state index contributed by atoms with van der Waals surface area (Å²) in [4.78, 5) is 16.7. The van der Waals surface area contributed by atoms with Gasteiger partial charge < -0.3 is 14.6 Å². The number of nitrogens with zero attached hydrogens (tertiary/aromatic N) is 2. The summed E-state index contributed by atoms with van der Waals surface area (Å²) in [7, 11) is 0. The zero-order chi connectivity index (χ0) is 17.8. The molecule has 0 aliphatic carbocycles. The SMILES string of the molecule is O=C(CCc1nc(-c2ccccc2)no1)N[C@H]1CCOc2ccccc21. The number of aromatic nitrogens is 2. The smallest absolute Gasteiger partial charge is 0.227 e. The second-order valence-corrected chi connectivity index (χ2v) is 6.17. The Balaban J connectivity index is 1.35. The summed E-state index contributed by atoms with van der Waals surface area (Å²) in [5.41, 5.74) is 1.92. The summed E-state index contributed by atoms with van der Waals surface area (Å²) in [6.45, 7) is 0.603. The molecule has 132 valence electrons. The molecule has 0 saturated heterocycles. The third-order valence-electron chi connectivity index (χ3n) is 4.36. The third-order valence-corrected chi connectivity index (χ3v) is 4.36. The van der Waals surface area contributed by atoms with E-state index in [9.17, 15) is 4.79 Å².